The molecule has 150 valence electrons. The minimum atomic E-state index is -0.238. The van der Waals surface area contributed by atoms with Crippen molar-refractivity contribution < 1.29 is 13.9 Å². The van der Waals surface area contributed by atoms with Crippen LogP contribution in [0.1, 0.15) is 44.6 Å². The highest BCUT2D eigenvalue weighted by Gasteiger charge is 2.27. The van der Waals surface area contributed by atoms with E-state index in [0.717, 1.165) is 50.3 Å². The molecule has 0 bridgehead atoms. The minimum absolute atomic E-state index is 0.0993. The van der Waals surface area contributed by atoms with Crippen molar-refractivity contribution in [1.29, 1.82) is 0 Å². The second-order valence-electron chi connectivity index (χ2n) is 7.79. The van der Waals surface area contributed by atoms with Crippen LogP contribution in [-0.4, -0.2) is 61.1 Å². The van der Waals surface area contributed by atoms with Gasteiger partial charge in [-0.25, -0.2) is 4.39 Å². The van der Waals surface area contributed by atoms with Crippen LogP contribution in [0.2, 0.25) is 0 Å². The lowest BCUT2D eigenvalue weighted by Gasteiger charge is -2.38. The van der Waals surface area contributed by atoms with Gasteiger partial charge in [-0.3, -0.25) is 14.6 Å². The number of hydrogen-bond donors (Lipinski definition) is 1. The van der Waals surface area contributed by atoms with Crippen LogP contribution in [0.3, 0.4) is 0 Å². The Morgan fingerprint density at radius 1 is 1.22 bits per heavy atom. The largest absolute Gasteiger partial charge is 0.496 e. The number of piperazine rings is 1. The molecule has 0 spiro atoms. The number of ether oxygens (including phenoxy) is 1. The number of carbonyl (C=O) groups excluding carboxylic acids is 1. The van der Waals surface area contributed by atoms with Gasteiger partial charge in [-0.2, -0.15) is 0 Å². The molecule has 0 aromatic heterocycles. The standard InChI is InChI=1S/C21H32FN3O2/c1-16(21(26)23-19-6-4-3-5-7-19)25-12-10-24(11-13-25)15-17-14-18(22)8-9-20(17)27-2/h8-9,14,16,19H,3-7,10-13,15H2,1-2H3,(H,23,26)/t16-/m0/s1. The van der Waals surface area contributed by atoms with Crippen LogP contribution in [0.15, 0.2) is 18.2 Å². The molecule has 1 atom stereocenters. The van der Waals surface area contributed by atoms with Crippen molar-refractivity contribution in [2.45, 2.75) is 57.7 Å². The van der Waals surface area contributed by atoms with Crippen molar-refractivity contribution in [2.75, 3.05) is 33.3 Å². The molecule has 1 aromatic rings. The number of nitrogens with zero attached hydrogens (tertiary/aromatic N) is 2. The normalized spacial score (nSPS) is 21.0. The zero-order valence-electron chi connectivity index (χ0n) is 16.5. The molecule has 3 rings (SSSR count). The van der Waals surface area contributed by atoms with Gasteiger partial charge in [0, 0.05) is 44.3 Å². The maximum atomic E-state index is 13.6. The van der Waals surface area contributed by atoms with E-state index < -0.39 is 0 Å². The average molecular weight is 378 g/mol. The fraction of sp³-hybridized carbons (Fsp3) is 0.667. The van der Waals surface area contributed by atoms with Crippen LogP contribution in [0.5, 0.6) is 5.75 Å². The van der Waals surface area contributed by atoms with Gasteiger partial charge in [0.2, 0.25) is 5.91 Å². The molecule has 6 heteroatoms. The summed E-state index contributed by atoms with van der Waals surface area (Å²) >= 11 is 0. The lowest BCUT2D eigenvalue weighted by Crippen LogP contribution is -2.54. The molecule has 1 N–H and O–H groups in total. The summed E-state index contributed by atoms with van der Waals surface area (Å²) in [4.78, 5) is 17.1. The fourth-order valence-electron chi connectivity index (χ4n) is 4.15. The molecule has 1 aliphatic carbocycles. The second-order valence-corrected chi connectivity index (χ2v) is 7.79. The summed E-state index contributed by atoms with van der Waals surface area (Å²) in [6.07, 6.45) is 5.96. The minimum Gasteiger partial charge on any atom is -0.496 e. The van der Waals surface area contributed by atoms with Gasteiger partial charge in [0.1, 0.15) is 11.6 Å². The van der Waals surface area contributed by atoms with Gasteiger partial charge in [-0.1, -0.05) is 19.3 Å². The van der Waals surface area contributed by atoms with Crippen LogP contribution in [0.4, 0.5) is 4.39 Å². The molecule has 2 aliphatic rings. The first-order valence-electron chi connectivity index (χ1n) is 10.2. The van der Waals surface area contributed by atoms with E-state index in [-0.39, 0.29) is 17.8 Å². The van der Waals surface area contributed by atoms with Crippen molar-refractivity contribution in [3.8, 4) is 5.75 Å². The number of halogens is 1. The summed E-state index contributed by atoms with van der Waals surface area (Å²) in [5.74, 6) is 0.638. The molecule has 0 unspecified atom stereocenters. The van der Waals surface area contributed by atoms with E-state index in [1.165, 1.54) is 25.3 Å². The smallest absolute Gasteiger partial charge is 0.237 e. The van der Waals surface area contributed by atoms with E-state index >= 15 is 0 Å². The molecule has 2 fully saturated rings. The highest BCUT2D eigenvalue weighted by molar-refractivity contribution is 5.81. The van der Waals surface area contributed by atoms with Crippen LogP contribution in [0.25, 0.3) is 0 Å². The Morgan fingerprint density at radius 2 is 1.93 bits per heavy atom. The topological polar surface area (TPSA) is 44.8 Å². The Balaban J connectivity index is 1.48. The van der Waals surface area contributed by atoms with Crippen molar-refractivity contribution in [3.63, 3.8) is 0 Å². The Bertz CT molecular complexity index is 626. The van der Waals surface area contributed by atoms with Crippen molar-refractivity contribution in [3.05, 3.63) is 29.6 Å². The van der Waals surface area contributed by atoms with Crippen molar-refractivity contribution >= 4 is 5.91 Å². The van der Waals surface area contributed by atoms with E-state index in [2.05, 4.69) is 15.1 Å². The summed E-state index contributed by atoms with van der Waals surface area (Å²) in [6.45, 7) is 6.08. The third kappa shape index (κ3) is 5.42. The highest BCUT2D eigenvalue weighted by Crippen LogP contribution is 2.22. The number of nitrogens with one attached hydrogen (secondary N) is 1. The number of amides is 1. The summed E-state index contributed by atoms with van der Waals surface area (Å²) in [6, 6.07) is 4.91. The molecular weight excluding hydrogens is 345 g/mol. The molecule has 1 saturated carbocycles. The van der Waals surface area contributed by atoms with E-state index in [1.807, 2.05) is 6.92 Å². The maximum absolute atomic E-state index is 13.6. The third-order valence-corrected chi connectivity index (χ3v) is 5.92. The van der Waals surface area contributed by atoms with Crippen molar-refractivity contribution in [2.24, 2.45) is 0 Å². The zero-order chi connectivity index (χ0) is 19.2. The second kappa shape index (κ2) is 9.51. The monoisotopic (exact) mass is 377 g/mol. The Kier molecular flexibility index (Phi) is 7.07. The van der Waals surface area contributed by atoms with Crippen LogP contribution in [0, 0.1) is 5.82 Å². The van der Waals surface area contributed by atoms with Gasteiger partial charge in [-0.05, 0) is 38.0 Å². The van der Waals surface area contributed by atoms with Crippen LogP contribution < -0.4 is 10.1 Å². The van der Waals surface area contributed by atoms with Gasteiger partial charge in [0.25, 0.3) is 0 Å². The number of carbonyl (C=O) groups is 1. The van der Waals surface area contributed by atoms with E-state index in [0.29, 0.717) is 12.6 Å². The quantitative estimate of drug-likeness (QED) is 0.828. The molecule has 1 aliphatic heterocycles. The lowest BCUT2D eigenvalue weighted by molar-refractivity contribution is -0.127. The molecule has 27 heavy (non-hydrogen) atoms. The predicted molar refractivity (Wildman–Crippen MR) is 104 cm³/mol. The number of hydrogen-bond acceptors (Lipinski definition) is 4. The molecular formula is C21H32FN3O2. The van der Waals surface area contributed by atoms with Gasteiger partial charge >= 0.3 is 0 Å². The lowest BCUT2D eigenvalue weighted by atomic mass is 9.95. The molecule has 0 radical (unpaired) electrons. The Labute approximate surface area is 161 Å². The molecule has 1 amide bonds. The molecule has 1 saturated heterocycles. The first-order valence-corrected chi connectivity index (χ1v) is 10.2. The Morgan fingerprint density at radius 3 is 2.59 bits per heavy atom. The van der Waals surface area contributed by atoms with Gasteiger partial charge in [0.05, 0.1) is 13.2 Å². The summed E-state index contributed by atoms with van der Waals surface area (Å²) in [7, 11) is 1.61. The first-order chi connectivity index (χ1) is 13.1. The average Bonchev–Trinajstić information content (AvgIpc) is 2.69. The molecule has 5 nitrogen and oxygen atoms in total. The van der Waals surface area contributed by atoms with Crippen molar-refractivity contribution in [1.82, 2.24) is 15.1 Å². The van der Waals surface area contributed by atoms with Crippen LogP contribution in [-0.2, 0) is 11.3 Å². The maximum Gasteiger partial charge on any atom is 0.237 e. The number of rotatable bonds is 6. The van der Waals surface area contributed by atoms with Gasteiger partial charge < -0.3 is 10.1 Å². The SMILES string of the molecule is COc1ccc(F)cc1CN1CCN([C@@H](C)C(=O)NC2CCCCC2)CC1. The third-order valence-electron chi connectivity index (χ3n) is 5.92. The number of methoxy groups -OCH3 is 1. The van der Waals surface area contributed by atoms with Gasteiger partial charge in [-0.15, -0.1) is 0 Å². The summed E-state index contributed by atoms with van der Waals surface area (Å²) in [5, 5.41) is 3.24. The molecule has 1 aromatic carbocycles. The summed E-state index contributed by atoms with van der Waals surface area (Å²) < 4.78 is 18.9. The highest BCUT2D eigenvalue weighted by atomic mass is 19.1. The molecule has 1 heterocycles. The predicted octanol–water partition coefficient (Wildman–Crippen LogP) is 2.79. The Hall–Kier alpha value is -1.66. The van der Waals surface area contributed by atoms with E-state index in [4.69, 9.17) is 4.74 Å². The van der Waals surface area contributed by atoms with Gasteiger partial charge in [0.15, 0.2) is 0 Å². The first kappa shape index (κ1) is 20.1. The fourth-order valence-corrected chi connectivity index (χ4v) is 4.15. The van der Waals surface area contributed by atoms with Crippen LogP contribution >= 0.6 is 0 Å². The van der Waals surface area contributed by atoms with E-state index in [1.54, 1.807) is 19.2 Å². The van der Waals surface area contributed by atoms with E-state index in [9.17, 15) is 9.18 Å². The zero-order valence-corrected chi connectivity index (χ0v) is 16.5. The number of benzene rings is 1. The summed E-state index contributed by atoms with van der Waals surface area (Å²) in [5.41, 5.74) is 0.869.